The van der Waals surface area contributed by atoms with Gasteiger partial charge in [0, 0.05) is 48.4 Å². The van der Waals surface area contributed by atoms with Gasteiger partial charge in [0.05, 0.1) is 23.0 Å². The van der Waals surface area contributed by atoms with Crippen LogP contribution < -0.4 is 4.40 Å². The molecule has 2 aliphatic heterocycles. The largest absolute Gasteiger partial charge is 0.465 e. The molecule has 1 amide bonds. The summed E-state index contributed by atoms with van der Waals surface area (Å²) in [7, 11) is 1.86. The van der Waals surface area contributed by atoms with Crippen LogP contribution in [0.15, 0.2) is 39.2 Å². The van der Waals surface area contributed by atoms with Gasteiger partial charge in [0.1, 0.15) is 22.9 Å². The van der Waals surface area contributed by atoms with Crippen LogP contribution in [0.5, 0.6) is 0 Å². The van der Waals surface area contributed by atoms with Crippen molar-refractivity contribution in [3.05, 3.63) is 57.2 Å². The van der Waals surface area contributed by atoms with Crippen LogP contribution >= 0.6 is 11.9 Å². The van der Waals surface area contributed by atoms with Crippen LogP contribution in [0.3, 0.4) is 0 Å². The molecule has 0 saturated heterocycles. The fraction of sp³-hybridized carbons (Fsp3) is 0.562. The lowest BCUT2D eigenvalue weighted by atomic mass is 9.67. The van der Waals surface area contributed by atoms with Gasteiger partial charge in [-0.3, -0.25) is 4.79 Å². The Kier molecular flexibility index (Phi) is 7.19. The van der Waals surface area contributed by atoms with E-state index in [1.807, 2.05) is 44.9 Å². The monoisotopic (exact) mass is 567 g/mol. The highest BCUT2D eigenvalue weighted by molar-refractivity contribution is 7.92. The van der Waals surface area contributed by atoms with Crippen LogP contribution in [0.2, 0.25) is 0 Å². The fourth-order valence-corrected chi connectivity index (χ4v) is 7.17. The van der Waals surface area contributed by atoms with Gasteiger partial charge in [-0.05, 0) is 48.8 Å². The summed E-state index contributed by atoms with van der Waals surface area (Å²) in [5.74, 6) is 2.38. The van der Waals surface area contributed by atoms with Gasteiger partial charge in [-0.15, -0.1) is 4.40 Å². The summed E-state index contributed by atoms with van der Waals surface area (Å²) in [4.78, 5) is 16.1. The Balaban J connectivity index is 1.82. The number of aryl methyl sites for hydroxylation is 2. The van der Waals surface area contributed by atoms with E-state index in [1.54, 1.807) is 0 Å². The molecule has 0 spiro atoms. The Labute approximate surface area is 241 Å². The fourth-order valence-electron chi connectivity index (χ4n) is 6.78. The van der Waals surface area contributed by atoms with Crippen LogP contribution in [0, 0.1) is 24.7 Å². The van der Waals surface area contributed by atoms with E-state index in [0.29, 0.717) is 41.7 Å². The SMILES string of the molecule is CCS/[NH+]=C(\O)c1cc([C@@H]2C3=C(C[C@@H](C(C)(C)C)N(C)C3=O)OC3=C2C(O)CC(C)(C)C3)c2oc(C)cc2c1C. The van der Waals surface area contributed by atoms with Crippen molar-refractivity contribution < 1.29 is 28.6 Å². The van der Waals surface area contributed by atoms with Crippen molar-refractivity contribution in [2.45, 2.75) is 92.7 Å². The highest BCUT2D eigenvalue weighted by Gasteiger charge is 2.50. The van der Waals surface area contributed by atoms with Gasteiger partial charge in [0.2, 0.25) is 0 Å². The molecule has 0 saturated carbocycles. The summed E-state index contributed by atoms with van der Waals surface area (Å²) >= 11 is 1.41. The summed E-state index contributed by atoms with van der Waals surface area (Å²) in [6.07, 6.45) is 1.05. The highest BCUT2D eigenvalue weighted by Crippen LogP contribution is 2.54. The molecule has 216 valence electrons. The molecule has 1 aromatic heterocycles. The number of furan rings is 1. The van der Waals surface area contributed by atoms with Gasteiger partial charge < -0.3 is 24.3 Å². The zero-order valence-corrected chi connectivity index (χ0v) is 26.0. The molecule has 1 aliphatic carbocycles. The average Bonchev–Trinajstić information content (AvgIpc) is 3.24. The van der Waals surface area contributed by atoms with E-state index in [0.717, 1.165) is 39.4 Å². The number of aliphatic hydroxyl groups is 2. The van der Waals surface area contributed by atoms with Crippen molar-refractivity contribution in [2.75, 3.05) is 12.8 Å². The lowest BCUT2D eigenvalue weighted by molar-refractivity contribution is -0.257. The molecule has 7 nitrogen and oxygen atoms in total. The van der Waals surface area contributed by atoms with E-state index in [1.165, 1.54) is 11.9 Å². The van der Waals surface area contributed by atoms with Crippen molar-refractivity contribution in [3.63, 3.8) is 0 Å². The molecule has 3 N–H and O–H groups in total. The minimum atomic E-state index is -0.779. The van der Waals surface area contributed by atoms with Gasteiger partial charge in [0.15, 0.2) is 11.9 Å². The first-order valence-corrected chi connectivity index (χ1v) is 15.2. The molecule has 1 unspecified atom stereocenters. The number of fused-ring (bicyclic) bond motifs is 1. The van der Waals surface area contributed by atoms with Crippen molar-refractivity contribution in [2.24, 2.45) is 10.8 Å². The molecule has 3 heterocycles. The molecule has 2 aromatic rings. The van der Waals surface area contributed by atoms with Gasteiger partial charge in [-0.2, -0.15) is 0 Å². The number of amides is 1. The number of rotatable bonds is 4. The standard InChI is InChI=1S/C32H42N2O5S/c1-10-40-33-29(36)19-12-20(28-18(17(19)3)11-16(2)38-28)25-26-21(35)14-32(7,8)15-23(26)39-22-13-24(31(4,5)6)34(9)30(37)27(22)25/h11-12,21,24-25,35H,10,13-15H2,1-9H3,(H,33,36)/p+1/t21?,24-,25-/m0/s1. The smallest absolute Gasteiger partial charge is 0.379 e. The van der Waals surface area contributed by atoms with Crippen molar-refractivity contribution >= 4 is 34.7 Å². The second-order valence-corrected chi connectivity index (χ2v) is 14.5. The van der Waals surface area contributed by atoms with Gasteiger partial charge >= 0.3 is 5.90 Å². The second kappa shape index (κ2) is 9.98. The third-order valence-corrected chi connectivity index (χ3v) is 9.34. The molecule has 0 fully saturated rings. The van der Waals surface area contributed by atoms with E-state index in [9.17, 15) is 15.0 Å². The summed E-state index contributed by atoms with van der Waals surface area (Å²) in [5, 5.41) is 23.6. The summed E-state index contributed by atoms with van der Waals surface area (Å²) in [6, 6.07) is 3.88. The number of ether oxygens (including phenoxy) is 1. The molecule has 0 radical (unpaired) electrons. The van der Waals surface area contributed by atoms with Gasteiger partial charge in [0.25, 0.3) is 5.91 Å². The number of carbonyl (C=O) groups is 1. The quantitative estimate of drug-likeness (QED) is 0.268. The number of hydrogen-bond donors (Lipinski definition) is 3. The Morgan fingerprint density at radius 2 is 1.93 bits per heavy atom. The van der Waals surface area contributed by atoms with E-state index in [4.69, 9.17) is 9.15 Å². The molecule has 0 bridgehead atoms. The van der Waals surface area contributed by atoms with Crippen LogP contribution in [0.1, 0.15) is 89.2 Å². The summed E-state index contributed by atoms with van der Waals surface area (Å²) in [6.45, 7) is 16.6. The maximum atomic E-state index is 14.3. The molecule has 40 heavy (non-hydrogen) atoms. The lowest BCUT2D eigenvalue weighted by Crippen LogP contribution is -2.64. The Hall–Kier alpha value is -2.71. The van der Waals surface area contributed by atoms with Crippen LogP contribution in [-0.2, 0) is 9.53 Å². The number of carbonyl (C=O) groups excluding carboxylic acids is 1. The number of nitrogens with zero attached hydrogens (tertiary/aromatic N) is 1. The molecule has 5 rings (SSSR count). The number of hydrogen-bond acceptors (Lipinski definition) is 5. The normalized spacial score (nSPS) is 25.4. The first kappa shape index (κ1) is 28.8. The van der Waals surface area contributed by atoms with E-state index < -0.39 is 12.0 Å². The van der Waals surface area contributed by atoms with Crippen molar-refractivity contribution in [1.29, 1.82) is 0 Å². The predicted octanol–water partition coefficient (Wildman–Crippen LogP) is 5.18. The van der Waals surface area contributed by atoms with Gasteiger partial charge in [-0.1, -0.05) is 41.5 Å². The third-order valence-electron chi connectivity index (χ3n) is 8.71. The highest BCUT2D eigenvalue weighted by atomic mass is 32.2. The number of likely N-dealkylation sites (N-methyl/N-ethyl adjacent to an activating group) is 1. The van der Waals surface area contributed by atoms with Crippen molar-refractivity contribution in [1.82, 2.24) is 4.90 Å². The molecular weight excluding hydrogens is 524 g/mol. The average molecular weight is 568 g/mol. The van der Waals surface area contributed by atoms with Crippen LogP contribution in [0.25, 0.3) is 11.0 Å². The topological polar surface area (TPSA) is 97.1 Å². The Morgan fingerprint density at radius 3 is 2.58 bits per heavy atom. The minimum Gasteiger partial charge on any atom is -0.465 e. The number of allylic oxidation sites excluding steroid dienone is 1. The zero-order valence-electron chi connectivity index (χ0n) is 25.2. The number of aliphatic hydroxyl groups excluding tert-OH is 2. The Bertz CT molecular complexity index is 1470. The number of nitrogens with one attached hydrogen (secondary N) is 1. The summed E-state index contributed by atoms with van der Waals surface area (Å²) in [5.41, 5.74) is 3.96. The summed E-state index contributed by atoms with van der Waals surface area (Å²) < 4.78 is 16.0. The van der Waals surface area contributed by atoms with Crippen LogP contribution in [0.4, 0.5) is 0 Å². The third kappa shape index (κ3) is 4.77. The van der Waals surface area contributed by atoms with Crippen LogP contribution in [-0.4, -0.2) is 51.9 Å². The minimum absolute atomic E-state index is 0.0322. The molecule has 1 aromatic carbocycles. The van der Waals surface area contributed by atoms with E-state index in [2.05, 4.69) is 39.0 Å². The molecule has 3 atom stereocenters. The Morgan fingerprint density at radius 1 is 1.23 bits per heavy atom. The molecular formula is C32H43N2O5S+. The maximum Gasteiger partial charge on any atom is 0.379 e. The first-order chi connectivity index (χ1) is 18.6. The lowest BCUT2D eigenvalue weighted by Gasteiger charge is -2.48. The van der Waals surface area contributed by atoms with Gasteiger partial charge in [-0.25, -0.2) is 0 Å². The molecule has 3 aliphatic rings. The maximum absolute atomic E-state index is 14.3. The van der Waals surface area contributed by atoms with Crippen molar-refractivity contribution in [3.8, 4) is 0 Å². The molecule has 8 heteroatoms. The second-order valence-electron chi connectivity index (χ2n) is 13.4. The first-order valence-electron chi connectivity index (χ1n) is 14.2. The van der Waals surface area contributed by atoms with E-state index >= 15 is 0 Å². The predicted molar refractivity (Wildman–Crippen MR) is 159 cm³/mol. The number of benzene rings is 1. The van der Waals surface area contributed by atoms with E-state index in [-0.39, 0.29) is 28.7 Å². The zero-order chi connectivity index (χ0) is 29.3.